The summed E-state index contributed by atoms with van der Waals surface area (Å²) in [4.78, 5) is 36.3. The van der Waals surface area contributed by atoms with Crippen LogP contribution in [0.1, 0.15) is 80.1 Å². The summed E-state index contributed by atoms with van der Waals surface area (Å²) < 4.78 is 16.3. The third-order valence-corrected chi connectivity index (χ3v) is 8.59. The van der Waals surface area contributed by atoms with Gasteiger partial charge in [-0.05, 0) is 38.0 Å². The molecule has 2 atom stereocenters. The van der Waals surface area contributed by atoms with Crippen molar-refractivity contribution < 1.29 is 28.6 Å². The van der Waals surface area contributed by atoms with E-state index in [4.69, 9.17) is 25.8 Å². The zero-order chi connectivity index (χ0) is 29.4. The number of carbonyl (C=O) groups excluding carboxylic acids is 3. The molecule has 0 aromatic rings. The molecular weight excluding hydrogens is 564 g/mol. The zero-order valence-corrected chi connectivity index (χ0v) is 27.4. The van der Waals surface area contributed by atoms with E-state index in [-0.39, 0.29) is 54.7 Å². The number of alkyl halides is 1. The Labute approximate surface area is 250 Å². The zero-order valence-electron chi connectivity index (χ0n) is 24.1. The summed E-state index contributed by atoms with van der Waals surface area (Å²) in [6, 6.07) is 0. The van der Waals surface area contributed by atoms with E-state index in [9.17, 15) is 14.4 Å². The number of ether oxygens (including phenoxy) is 3. The van der Waals surface area contributed by atoms with Crippen molar-refractivity contribution in [1.29, 1.82) is 0 Å². The molecule has 2 unspecified atom stereocenters. The number of thioether (sulfide) groups is 1. The topological polar surface area (TPSA) is 78.9 Å². The van der Waals surface area contributed by atoms with Gasteiger partial charge in [0, 0.05) is 26.9 Å². The predicted molar refractivity (Wildman–Crippen MR) is 166 cm³/mol. The Balaban J connectivity index is 5.06. The predicted octanol–water partition coefficient (Wildman–Crippen LogP) is 6.79. The highest BCUT2D eigenvalue weighted by atomic mass is 35.5. The molecule has 0 aliphatic heterocycles. The molecule has 0 amide bonds. The van der Waals surface area contributed by atoms with Gasteiger partial charge >= 0.3 is 17.9 Å². The number of esters is 3. The molecule has 0 aliphatic carbocycles. The lowest BCUT2D eigenvalue weighted by Gasteiger charge is -2.36. The summed E-state index contributed by atoms with van der Waals surface area (Å²) >= 11 is 16.7. The minimum atomic E-state index is -0.918. The maximum Gasteiger partial charge on any atom is 0.306 e. The van der Waals surface area contributed by atoms with Crippen molar-refractivity contribution in [3.05, 3.63) is 12.7 Å². The van der Waals surface area contributed by atoms with Crippen molar-refractivity contribution in [2.45, 2.75) is 89.7 Å². The van der Waals surface area contributed by atoms with Crippen LogP contribution in [0.3, 0.4) is 0 Å². The Morgan fingerprint density at radius 2 is 1.32 bits per heavy atom. The molecule has 0 saturated heterocycles. The van der Waals surface area contributed by atoms with Gasteiger partial charge in [-0.3, -0.25) is 14.4 Å². The van der Waals surface area contributed by atoms with Gasteiger partial charge in [-0.1, -0.05) is 40.7 Å². The molecule has 0 rings (SSSR count). The Morgan fingerprint density at radius 1 is 0.868 bits per heavy atom. The summed E-state index contributed by atoms with van der Waals surface area (Å²) in [7, 11) is 0. The molecule has 0 saturated carbocycles. The first-order chi connectivity index (χ1) is 17.6. The SMILES string of the molecule is C=CCC(COC(=O)CCS)(COC(=O)CCS)COC(=O)CCSC(C)(C)CC(C)C(C)(Cl)CC(C)C. The first-order valence-corrected chi connectivity index (χ1v) is 15.9. The number of halogens is 1. The fraction of sp³-hybridized carbons (Fsp3) is 0.821. The Morgan fingerprint density at radius 3 is 1.71 bits per heavy atom. The first-order valence-electron chi connectivity index (χ1n) is 13.2. The standard InChI is InChI=1S/C28H49ClO6S3/c1-8-12-28(18-33-23(30)9-13-36,19-34-24(31)10-14-37)20-35-25(32)11-15-38-26(5,6)17-22(4)27(7,29)16-21(2)3/h8,21-22,36-37H,1,9-20H2,2-7H3. The van der Waals surface area contributed by atoms with Crippen LogP contribution in [0.15, 0.2) is 12.7 Å². The van der Waals surface area contributed by atoms with Gasteiger partial charge in [-0.15, -0.1) is 18.2 Å². The summed E-state index contributed by atoms with van der Waals surface area (Å²) in [5.74, 6) is 0.950. The summed E-state index contributed by atoms with van der Waals surface area (Å²) in [6.07, 6.45) is 4.37. The second-order valence-corrected chi connectivity index (χ2v) is 14.8. The number of allylic oxidation sites excluding steroid dienone is 1. The number of hydrogen-bond donors (Lipinski definition) is 2. The van der Waals surface area contributed by atoms with Gasteiger partial charge < -0.3 is 14.2 Å². The van der Waals surface area contributed by atoms with Gasteiger partial charge in [-0.2, -0.15) is 37.0 Å². The summed E-state index contributed by atoms with van der Waals surface area (Å²) in [5.41, 5.74) is -0.918. The maximum atomic E-state index is 12.6. The molecule has 0 radical (unpaired) electrons. The third-order valence-electron chi connectivity index (χ3n) is 6.26. The van der Waals surface area contributed by atoms with Crippen molar-refractivity contribution in [1.82, 2.24) is 0 Å². The van der Waals surface area contributed by atoms with Gasteiger partial charge in [0.25, 0.3) is 0 Å². The molecule has 0 aromatic heterocycles. The number of rotatable bonds is 21. The second kappa shape index (κ2) is 18.8. The van der Waals surface area contributed by atoms with Crippen molar-refractivity contribution in [2.75, 3.05) is 37.1 Å². The Hall–Kier alpha value is -0.510. The minimum absolute atomic E-state index is 0.0538. The van der Waals surface area contributed by atoms with E-state index < -0.39 is 17.4 Å². The molecule has 0 aliphatic rings. The highest BCUT2D eigenvalue weighted by molar-refractivity contribution is 8.00. The molecule has 0 aromatic carbocycles. The molecule has 0 bridgehead atoms. The van der Waals surface area contributed by atoms with Crippen molar-refractivity contribution in [2.24, 2.45) is 17.3 Å². The van der Waals surface area contributed by atoms with Crippen LogP contribution in [0.2, 0.25) is 0 Å². The van der Waals surface area contributed by atoms with E-state index in [0.717, 1.165) is 12.8 Å². The van der Waals surface area contributed by atoms with Crippen LogP contribution in [0.4, 0.5) is 0 Å². The average Bonchev–Trinajstić information content (AvgIpc) is 2.79. The van der Waals surface area contributed by atoms with E-state index in [1.54, 1.807) is 17.8 Å². The molecule has 0 fully saturated rings. The van der Waals surface area contributed by atoms with Crippen LogP contribution in [0.5, 0.6) is 0 Å². The van der Waals surface area contributed by atoms with E-state index >= 15 is 0 Å². The Kier molecular flexibility index (Phi) is 18.5. The minimum Gasteiger partial charge on any atom is -0.465 e. The number of thiol groups is 2. The molecule has 0 spiro atoms. The number of carbonyl (C=O) groups is 3. The van der Waals surface area contributed by atoms with Gasteiger partial charge in [0.05, 0.1) is 24.7 Å². The highest BCUT2D eigenvalue weighted by Gasteiger charge is 2.36. The maximum absolute atomic E-state index is 12.6. The van der Waals surface area contributed by atoms with E-state index in [0.29, 0.717) is 35.5 Å². The van der Waals surface area contributed by atoms with Crippen LogP contribution in [-0.4, -0.2) is 64.6 Å². The van der Waals surface area contributed by atoms with Gasteiger partial charge in [0.1, 0.15) is 19.8 Å². The van der Waals surface area contributed by atoms with Crippen molar-refractivity contribution in [3.63, 3.8) is 0 Å². The lowest BCUT2D eigenvalue weighted by molar-refractivity contribution is -0.161. The van der Waals surface area contributed by atoms with Gasteiger partial charge in [-0.25, -0.2) is 0 Å². The van der Waals surface area contributed by atoms with Crippen LogP contribution in [0.25, 0.3) is 0 Å². The molecule has 0 heterocycles. The Bertz CT molecular complexity index is 720. The lowest BCUT2D eigenvalue weighted by Crippen LogP contribution is -2.39. The largest absolute Gasteiger partial charge is 0.465 e. The van der Waals surface area contributed by atoms with E-state index in [2.05, 4.69) is 73.4 Å². The molecule has 222 valence electrons. The molecule has 10 heteroatoms. The van der Waals surface area contributed by atoms with E-state index in [1.165, 1.54) is 0 Å². The third kappa shape index (κ3) is 16.6. The van der Waals surface area contributed by atoms with Crippen molar-refractivity contribution >= 4 is 66.5 Å². The molecule has 38 heavy (non-hydrogen) atoms. The van der Waals surface area contributed by atoms with Crippen LogP contribution < -0.4 is 0 Å². The molecular formula is C28H49ClO6S3. The fourth-order valence-electron chi connectivity index (χ4n) is 4.13. The quantitative estimate of drug-likeness (QED) is 0.0486. The molecule has 6 nitrogen and oxygen atoms in total. The molecule has 0 N–H and O–H groups in total. The summed E-state index contributed by atoms with van der Waals surface area (Å²) in [5, 5.41) is 0. The van der Waals surface area contributed by atoms with Gasteiger partial charge in [0.15, 0.2) is 0 Å². The second-order valence-electron chi connectivity index (χ2n) is 11.3. The normalized spacial score (nSPS) is 14.5. The first kappa shape index (κ1) is 37.5. The average molecular weight is 613 g/mol. The van der Waals surface area contributed by atoms with Crippen LogP contribution in [-0.2, 0) is 28.6 Å². The van der Waals surface area contributed by atoms with Gasteiger partial charge in [0.2, 0.25) is 0 Å². The smallest absolute Gasteiger partial charge is 0.306 e. The number of hydrogen-bond acceptors (Lipinski definition) is 9. The summed E-state index contributed by atoms with van der Waals surface area (Å²) in [6.45, 7) is 16.6. The van der Waals surface area contributed by atoms with Crippen LogP contribution in [0, 0.1) is 17.3 Å². The monoisotopic (exact) mass is 612 g/mol. The van der Waals surface area contributed by atoms with E-state index in [1.807, 2.05) is 0 Å². The van der Waals surface area contributed by atoms with Crippen molar-refractivity contribution in [3.8, 4) is 0 Å². The van der Waals surface area contributed by atoms with Crippen LogP contribution >= 0.6 is 48.6 Å². The lowest BCUT2D eigenvalue weighted by atomic mass is 9.82. The fourth-order valence-corrected chi connectivity index (χ4v) is 6.07. The highest BCUT2D eigenvalue weighted by Crippen LogP contribution is 2.40.